The van der Waals surface area contributed by atoms with E-state index in [0.717, 1.165) is 51.5 Å². The number of nitrogens with one attached hydrogen (secondary N) is 2. The molecule has 3 rings (SSSR count). The first-order valence-electron chi connectivity index (χ1n) is 6.55. The molecule has 1 aromatic rings. The van der Waals surface area contributed by atoms with Crippen molar-refractivity contribution in [3.8, 4) is 0 Å². The van der Waals surface area contributed by atoms with Crippen LogP contribution in [0, 0.1) is 0 Å². The largest absolute Gasteiger partial charge is 0.381 e. The summed E-state index contributed by atoms with van der Waals surface area (Å²) in [6.45, 7) is 5.58. The Morgan fingerprint density at radius 2 is 2.28 bits per heavy atom. The normalized spacial score (nSPS) is 25.2. The predicted octanol–water partition coefficient (Wildman–Crippen LogP) is 0.213. The third-order valence-corrected chi connectivity index (χ3v) is 3.40. The highest BCUT2D eigenvalue weighted by Gasteiger charge is 2.20. The minimum Gasteiger partial charge on any atom is -0.381 e. The van der Waals surface area contributed by atoms with Gasteiger partial charge in [-0.25, -0.2) is 15.0 Å². The molecule has 98 valence electrons. The summed E-state index contributed by atoms with van der Waals surface area (Å²) in [5, 5.41) is 5.47. The van der Waals surface area contributed by atoms with Gasteiger partial charge >= 0.3 is 0 Å². The highest BCUT2D eigenvalue weighted by Crippen LogP contribution is 2.23. The lowest BCUT2D eigenvalue weighted by Crippen LogP contribution is -2.46. The fraction of sp³-hybridized carbons (Fsp3) is 0.667. The molecule has 2 N–H and O–H groups in total. The first kappa shape index (κ1) is 11.8. The molecule has 0 radical (unpaired) electrons. The van der Waals surface area contributed by atoms with Gasteiger partial charge < -0.3 is 10.1 Å². The van der Waals surface area contributed by atoms with E-state index >= 15 is 0 Å². The Labute approximate surface area is 107 Å². The SMILES string of the molecule is c1cc(C2CCOC2)nc(NN2CCNCC2)n1. The average Bonchev–Trinajstić information content (AvgIpc) is 2.94. The lowest BCUT2D eigenvalue weighted by atomic mass is 10.1. The van der Waals surface area contributed by atoms with Crippen molar-refractivity contribution >= 4 is 5.95 Å². The maximum Gasteiger partial charge on any atom is 0.237 e. The van der Waals surface area contributed by atoms with Gasteiger partial charge in [0.25, 0.3) is 0 Å². The number of nitrogens with zero attached hydrogens (tertiary/aromatic N) is 3. The number of piperazine rings is 1. The number of rotatable bonds is 3. The van der Waals surface area contributed by atoms with E-state index in [1.165, 1.54) is 0 Å². The molecule has 0 spiro atoms. The maximum absolute atomic E-state index is 5.40. The highest BCUT2D eigenvalue weighted by molar-refractivity contribution is 5.25. The van der Waals surface area contributed by atoms with E-state index in [-0.39, 0.29) is 0 Å². The summed E-state index contributed by atoms with van der Waals surface area (Å²) < 4.78 is 5.40. The molecule has 0 amide bonds. The fourth-order valence-electron chi connectivity index (χ4n) is 2.34. The number of hydrogen-bond donors (Lipinski definition) is 2. The summed E-state index contributed by atoms with van der Waals surface area (Å²) in [6, 6.07) is 1.99. The van der Waals surface area contributed by atoms with Crippen molar-refractivity contribution in [3.63, 3.8) is 0 Å². The van der Waals surface area contributed by atoms with Crippen molar-refractivity contribution in [2.45, 2.75) is 12.3 Å². The van der Waals surface area contributed by atoms with Gasteiger partial charge in [0.15, 0.2) is 0 Å². The quantitative estimate of drug-likeness (QED) is 0.798. The van der Waals surface area contributed by atoms with Gasteiger partial charge in [-0.15, -0.1) is 0 Å². The zero-order valence-electron chi connectivity index (χ0n) is 10.4. The van der Waals surface area contributed by atoms with E-state index < -0.39 is 0 Å². The van der Waals surface area contributed by atoms with Crippen molar-refractivity contribution in [3.05, 3.63) is 18.0 Å². The summed E-state index contributed by atoms with van der Waals surface area (Å²) in [5.41, 5.74) is 4.36. The summed E-state index contributed by atoms with van der Waals surface area (Å²) in [6.07, 6.45) is 2.88. The number of hydrazine groups is 1. The first-order valence-corrected chi connectivity index (χ1v) is 6.55. The third-order valence-electron chi connectivity index (χ3n) is 3.40. The van der Waals surface area contributed by atoms with Crippen molar-refractivity contribution in [1.82, 2.24) is 20.3 Å². The van der Waals surface area contributed by atoms with Crippen LogP contribution in [0.2, 0.25) is 0 Å². The van der Waals surface area contributed by atoms with Gasteiger partial charge in [0.2, 0.25) is 5.95 Å². The van der Waals surface area contributed by atoms with Crippen LogP contribution in [0.3, 0.4) is 0 Å². The smallest absolute Gasteiger partial charge is 0.237 e. The van der Waals surface area contributed by atoms with Gasteiger partial charge in [-0.1, -0.05) is 0 Å². The highest BCUT2D eigenvalue weighted by atomic mass is 16.5. The van der Waals surface area contributed by atoms with Crippen LogP contribution in [0.15, 0.2) is 12.3 Å². The molecular weight excluding hydrogens is 230 g/mol. The van der Waals surface area contributed by atoms with Crippen LogP contribution in [0.25, 0.3) is 0 Å². The zero-order valence-corrected chi connectivity index (χ0v) is 10.4. The predicted molar refractivity (Wildman–Crippen MR) is 68.3 cm³/mol. The second kappa shape index (κ2) is 5.60. The van der Waals surface area contributed by atoms with Crippen molar-refractivity contribution < 1.29 is 4.74 Å². The molecule has 1 unspecified atom stereocenters. The Balaban J connectivity index is 1.66. The Kier molecular flexibility index (Phi) is 3.68. The first-order chi connectivity index (χ1) is 8.92. The molecule has 0 bridgehead atoms. The topological polar surface area (TPSA) is 62.3 Å². The molecule has 2 aliphatic rings. The summed E-state index contributed by atoms with van der Waals surface area (Å²) >= 11 is 0. The lowest BCUT2D eigenvalue weighted by Gasteiger charge is -2.27. The molecule has 0 aromatic carbocycles. The van der Waals surface area contributed by atoms with E-state index in [1.807, 2.05) is 12.3 Å². The number of hydrogen-bond acceptors (Lipinski definition) is 6. The van der Waals surface area contributed by atoms with Crippen LogP contribution >= 0.6 is 0 Å². The molecule has 2 aliphatic heterocycles. The number of aromatic nitrogens is 2. The molecule has 1 aromatic heterocycles. The molecule has 0 aliphatic carbocycles. The van der Waals surface area contributed by atoms with Crippen LogP contribution in [0.5, 0.6) is 0 Å². The Bertz CT molecular complexity index is 388. The van der Waals surface area contributed by atoms with Gasteiger partial charge in [0.05, 0.1) is 12.3 Å². The van der Waals surface area contributed by atoms with Gasteiger partial charge in [0, 0.05) is 44.9 Å². The maximum atomic E-state index is 5.40. The average molecular weight is 249 g/mol. The summed E-state index contributed by atoms with van der Waals surface area (Å²) in [5.74, 6) is 1.12. The molecule has 6 heteroatoms. The number of ether oxygens (including phenoxy) is 1. The summed E-state index contributed by atoms with van der Waals surface area (Å²) in [4.78, 5) is 8.86. The molecule has 2 saturated heterocycles. The Hall–Kier alpha value is -1.24. The molecule has 0 saturated carbocycles. The molecule has 18 heavy (non-hydrogen) atoms. The van der Waals surface area contributed by atoms with Gasteiger partial charge in [0.1, 0.15) is 0 Å². The van der Waals surface area contributed by atoms with Crippen LogP contribution in [-0.2, 0) is 4.74 Å². The molecule has 1 atom stereocenters. The zero-order chi connectivity index (χ0) is 12.2. The van der Waals surface area contributed by atoms with E-state index in [2.05, 4.69) is 25.7 Å². The van der Waals surface area contributed by atoms with E-state index in [4.69, 9.17) is 4.74 Å². The minimum atomic E-state index is 0.427. The minimum absolute atomic E-state index is 0.427. The van der Waals surface area contributed by atoms with Crippen LogP contribution in [0.1, 0.15) is 18.0 Å². The Morgan fingerprint density at radius 3 is 3.06 bits per heavy atom. The molecular formula is C12H19N5O. The van der Waals surface area contributed by atoms with E-state index in [9.17, 15) is 0 Å². The van der Waals surface area contributed by atoms with Gasteiger partial charge in [-0.3, -0.25) is 5.43 Å². The van der Waals surface area contributed by atoms with Crippen molar-refractivity contribution in [1.29, 1.82) is 0 Å². The Morgan fingerprint density at radius 1 is 1.39 bits per heavy atom. The van der Waals surface area contributed by atoms with Crippen LogP contribution in [-0.4, -0.2) is 54.4 Å². The monoisotopic (exact) mass is 249 g/mol. The second-order valence-electron chi connectivity index (χ2n) is 4.71. The third kappa shape index (κ3) is 2.77. The van der Waals surface area contributed by atoms with Crippen molar-refractivity contribution in [2.75, 3.05) is 44.8 Å². The lowest BCUT2D eigenvalue weighted by molar-refractivity contribution is 0.193. The fourth-order valence-corrected chi connectivity index (χ4v) is 2.34. The van der Waals surface area contributed by atoms with Gasteiger partial charge in [-0.2, -0.15) is 0 Å². The molecule has 2 fully saturated rings. The van der Waals surface area contributed by atoms with E-state index in [0.29, 0.717) is 11.9 Å². The van der Waals surface area contributed by atoms with E-state index in [1.54, 1.807) is 0 Å². The molecule has 6 nitrogen and oxygen atoms in total. The summed E-state index contributed by atoms with van der Waals surface area (Å²) in [7, 11) is 0. The standard InChI is InChI=1S/C12H19N5O/c1-3-14-12(16-17-6-4-13-5-7-17)15-11(1)10-2-8-18-9-10/h1,3,10,13H,2,4-9H2,(H,14,15,16). The second-order valence-corrected chi connectivity index (χ2v) is 4.71. The van der Waals surface area contributed by atoms with Crippen LogP contribution in [0.4, 0.5) is 5.95 Å². The van der Waals surface area contributed by atoms with Gasteiger partial charge in [-0.05, 0) is 12.5 Å². The number of anilines is 1. The molecule has 3 heterocycles. The van der Waals surface area contributed by atoms with Crippen LogP contribution < -0.4 is 10.7 Å². The van der Waals surface area contributed by atoms with Crippen molar-refractivity contribution in [2.24, 2.45) is 0 Å².